The number of carbonyl (C=O) groups is 1. The maximum atomic E-state index is 12.9. The van der Waals surface area contributed by atoms with Gasteiger partial charge in [-0.1, -0.05) is 49.4 Å². The van der Waals surface area contributed by atoms with Gasteiger partial charge in [0.15, 0.2) is 0 Å². The van der Waals surface area contributed by atoms with Gasteiger partial charge in [0.25, 0.3) is 0 Å². The number of hydrogen-bond donors (Lipinski definition) is 1. The highest BCUT2D eigenvalue weighted by Crippen LogP contribution is 2.48. The van der Waals surface area contributed by atoms with Crippen LogP contribution in [0.4, 0.5) is 4.79 Å². The third-order valence-electron chi connectivity index (χ3n) is 7.17. The van der Waals surface area contributed by atoms with Gasteiger partial charge in [-0.15, -0.1) is 0 Å². The van der Waals surface area contributed by atoms with Crippen LogP contribution >= 0.6 is 0 Å². The number of benzene rings is 2. The molecule has 1 N–H and O–H groups in total. The number of nitrogens with one attached hydrogen (secondary N) is 1. The number of amides is 2. The molecule has 2 aromatic rings. The van der Waals surface area contributed by atoms with Crippen LogP contribution in [0.2, 0.25) is 0 Å². The Morgan fingerprint density at radius 3 is 2.16 bits per heavy atom. The molecule has 0 atom stereocenters. The van der Waals surface area contributed by atoms with Crippen molar-refractivity contribution in [1.82, 2.24) is 15.1 Å². The van der Waals surface area contributed by atoms with E-state index in [1.165, 1.54) is 5.56 Å². The largest absolute Gasteiger partial charge is 0.497 e. The molecule has 0 unspecified atom stereocenters. The summed E-state index contributed by atoms with van der Waals surface area (Å²) in [5, 5.41) is 3.01. The van der Waals surface area contributed by atoms with E-state index in [0.29, 0.717) is 13.1 Å². The zero-order valence-electron chi connectivity index (χ0n) is 20.4. The minimum Gasteiger partial charge on any atom is -0.497 e. The van der Waals surface area contributed by atoms with E-state index in [0.717, 1.165) is 43.5 Å². The maximum Gasteiger partial charge on any atom is 0.317 e. The van der Waals surface area contributed by atoms with Crippen LogP contribution in [-0.2, 0) is 12.1 Å². The van der Waals surface area contributed by atoms with E-state index in [1.54, 1.807) is 7.11 Å². The Labute approximate surface area is 193 Å². The molecule has 5 heteroatoms. The molecule has 2 amide bonds. The lowest BCUT2D eigenvalue weighted by Crippen LogP contribution is -2.50. The Balaban J connectivity index is 1.75. The summed E-state index contributed by atoms with van der Waals surface area (Å²) in [4.78, 5) is 17.3. The average Bonchev–Trinajstić information content (AvgIpc) is 2.80. The topological polar surface area (TPSA) is 44.8 Å². The predicted octanol–water partition coefficient (Wildman–Crippen LogP) is 5.26. The van der Waals surface area contributed by atoms with Crippen LogP contribution in [0.3, 0.4) is 0 Å². The standard InChI is InChI=1S/C27H39N3O2/c1-6-28-25(31)30(20-22-12-14-24(32-5)15-13-22)21-26(2)16-18-27(19-17-26,29(3)4)23-10-8-7-9-11-23/h7-15H,6,16-21H2,1-5H3,(H,28,31). The van der Waals surface area contributed by atoms with Crippen LogP contribution in [0, 0.1) is 5.41 Å². The number of methoxy groups -OCH3 is 1. The minimum atomic E-state index is 0.0112. The Morgan fingerprint density at radius 2 is 1.62 bits per heavy atom. The summed E-state index contributed by atoms with van der Waals surface area (Å²) in [5.41, 5.74) is 2.66. The minimum absolute atomic E-state index is 0.0112. The van der Waals surface area contributed by atoms with Gasteiger partial charge in [0.2, 0.25) is 0 Å². The maximum absolute atomic E-state index is 12.9. The van der Waals surface area contributed by atoms with Gasteiger partial charge in [-0.25, -0.2) is 4.79 Å². The van der Waals surface area contributed by atoms with Crippen molar-refractivity contribution in [3.8, 4) is 5.75 Å². The van der Waals surface area contributed by atoms with Crippen LogP contribution in [0.15, 0.2) is 54.6 Å². The molecule has 0 aliphatic heterocycles. The summed E-state index contributed by atoms with van der Waals surface area (Å²) >= 11 is 0. The van der Waals surface area contributed by atoms with Crippen molar-refractivity contribution in [2.24, 2.45) is 5.41 Å². The average molecular weight is 438 g/mol. The van der Waals surface area contributed by atoms with Gasteiger partial charge in [-0.3, -0.25) is 4.90 Å². The van der Waals surface area contributed by atoms with Crippen LogP contribution in [0.5, 0.6) is 5.75 Å². The van der Waals surface area contributed by atoms with Gasteiger partial charge in [0.1, 0.15) is 5.75 Å². The number of hydrogen-bond acceptors (Lipinski definition) is 3. The van der Waals surface area contributed by atoms with Crippen molar-refractivity contribution in [3.05, 3.63) is 65.7 Å². The van der Waals surface area contributed by atoms with E-state index >= 15 is 0 Å². The second-order valence-electron chi connectivity index (χ2n) is 9.64. The van der Waals surface area contributed by atoms with Crippen molar-refractivity contribution < 1.29 is 9.53 Å². The van der Waals surface area contributed by atoms with Crippen molar-refractivity contribution in [3.63, 3.8) is 0 Å². The monoisotopic (exact) mass is 437 g/mol. The molecule has 0 radical (unpaired) electrons. The lowest BCUT2D eigenvalue weighted by atomic mass is 9.65. The highest BCUT2D eigenvalue weighted by molar-refractivity contribution is 5.74. The fraction of sp³-hybridized carbons (Fsp3) is 0.519. The molecule has 1 aliphatic rings. The molecule has 32 heavy (non-hydrogen) atoms. The molecule has 1 saturated carbocycles. The highest BCUT2D eigenvalue weighted by atomic mass is 16.5. The van der Waals surface area contributed by atoms with Crippen molar-refractivity contribution >= 4 is 6.03 Å². The Hall–Kier alpha value is -2.53. The summed E-state index contributed by atoms with van der Waals surface area (Å²) in [6.45, 7) is 6.30. The number of rotatable bonds is 8. The molecular formula is C27H39N3O2. The van der Waals surface area contributed by atoms with Crippen LogP contribution < -0.4 is 10.1 Å². The first kappa shape index (κ1) is 24.1. The quantitative estimate of drug-likeness (QED) is 0.612. The summed E-state index contributed by atoms with van der Waals surface area (Å²) in [7, 11) is 6.06. The Bertz CT molecular complexity index is 856. The van der Waals surface area contributed by atoms with Crippen LogP contribution in [-0.4, -0.2) is 50.1 Å². The molecule has 2 aromatic carbocycles. The fourth-order valence-corrected chi connectivity index (χ4v) is 5.04. The Kier molecular flexibility index (Phi) is 7.83. The first-order valence-corrected chi connectivity index (χ1v) is 11.7. The van der Waals surface area contributed by atoms with E-state index in [1.807, 2.05) is 36.1 Å². The van der Waals surface area contributed by atoms with Crippen LogP contribution in [0.25, 0.3) is 0 Å². The van der Waals surface area contributed by atoms with Gasteiger partial charge in [0.05, 0.1) is 7.11 Å². The zero-order chi connectivity index (χ0) is 23.2. The van der Waals surface area contributed by atoms with E-state index in [2.05, 4.69) is 61.6 Å². The number of carbonyl (C=O) groups excluding carboxylic acids is 1. The normalized spacial score (nSPS) is 23.1. The molecule has 174 valence electrons. The van der Waals surface area contributed by atoms with Crippen LogP contribution in [0.1, 0.15) is 50.7 Å². The predicted molar refractivity (Wildman–Crippen MR) is 131 cm³/mol. The van der Waals surface area contributed by atoms with E-state index in [-0.39, 0.29) is 17.0 Å². The number of ether oxygens (including phenoxy) is 1. The number of urea groups is 1. The van der Waals surface area contributed by atoms with E-state index in [9.17, 15) is 4.79 Å². The Morgan fingerprint density at radius 1 is 1.00 bits per heavy atom. The fourth-order valence-electron chi connectivity index (χ4n) is 5.04. The summed E-state index contributed by atoms with van der Waals surface area (Å²) in [5.74, 6) is 0.832. The first-order valence-electron chi connectivity index (χ1n) is 11.7. The van der Waals surface area contributed by atoms with Gasteiger partial charge in [-0.05, 0) is 75.4 Å². The van der Waals surface area contributed by atoms with E-state index < -0.39 is 0 Å². The summed E-state index contributed by atoms with van der Waals surface area (Å²) in [6, 6.07) is 18.9. The second kappa shape index (κ2) is 10.4. The molecule has 1 aliphatic carbocycles. The van der Waals surface area contributed by atoms with Crippen molar-refractivity contribution in [2.45, 2.75) is 51.6 Å². The smallest absolute Gasteiger partial charge is 0.317 e. The molecule has 5 nitrogen and oxygen atoms in total. The molecule has 3 rings (SSSR count). The van der Waals surface area contributed by atoms with Gasteiger partial charge in [-0.2, -0.15) is 0 Å². The molecule has 0 spiro atoms. The lowest BCUT2D eigenvalue weighted by Gasteiger charge is -2.50. The van der Waals surface area contributed by atoms with E-state index in [4.69, 9.17) is 4.74 Å². The third-order valence-corrected chi connectivity index (χ3v) is 7.17. The second-order valence-corrected chi connectivity index (χ2v) is 9.64. The molecule has 0 heterocycles. The van der Waals surface area contributed by atoms with Gasteiger partial charge >= 0.3 is 6.03 Å². The van der Waals surface area contributed by atoms with Crippen molar-refractivity contribution in [2.75, 3.05) is 34.3 Å². The summed E-state index contributed by atoms with van der Waals surface area (Å²) < 4.78 is 5.28. The highest BCUT2D eigenvalue weighted by Gasteiger charge is 2.43. The molecular weight excluding hydrogens is 398 g/mol. The van der Waals surface area contributed by atoms with Crippen molar-refractivity contribution in [1.29, 1.82) is 0 Å². The van der Waals surface area contributed by atoms with Gasteiger partial charge < -0.3 is 15.0 Å². The SMILES string of the molecule is CCNC(=O)N(Cc1ccc(OC)cc1)CC1(C)CCC(c2ccccc2)(N(C)C)CC1. The molecule has 0 aromatic heterocycles. The number of nitrogens with zero attached hydrogens (tertiary/aromatic N) is 2. The first-order chi connectivity index (χ1) is 15.3. The lowest BCUT2D eigenvalue weighted by molar-refractivity contribution is 0.0282. The summed E-state index contributed by atoms with van der Waals surface area (Å²) in [6.07, 6.45) is 4.34. The molecule has 0 bridgehead atoms. The molecule has 0 saturated heterocycles. The molecule has 1 fully saturated rings. The van der Waals surface area contributed by atoms with Gasteiger partial charge in [0, 0.05) is 25.2 Å². The third kappa shape index (κ3) is 5.44. The zero-order valence-corrected chi connectivity index (χ0v) is 20.4.